The minimum absolute atomic E-state index is 0.203. The molecule has 0 heterocycles. The smallest absolute Gasteiger partial charge is 0.200 e. The zero-order valence-corrected chi connectivity index (χ0v) is 17.0. The average Bonchev–Trinajstić information content (AvgIpc) is 2.75. The lowest BCUT2D eigenvalue weighted by atomic mass is 9.71. The highest BCUT2D eigenvalue weighted by Crippen LogP contribution is 2.42. The number of halogens is 4. The van der Waals surface area contributed by atoms with Crippen LogP contribution in [-0.4, -0.2) is 5.11 Å². The number of aromatic hydroxyl groups is 1. The predicted molar refractivity (Wildman–Crippen MR) is 110 cm³/mol. The molecule has 1 fully saturated rings. The molecule has 0 spiro atoms. The van der Waals surface area contributed by atoms with Gasteiger partial charge in [0.05, 0.1) is 0 Å². The van der Waals surface area contributed by atoms with Gasteiger partial charge in [-0.3, -0.25) is 0 Å². The average molecular weight is 418 g/mol. The second-order valence-corrected chi connectivity index (χ2v) is 8.83. The van der Waals surface area contributed by atoms with Crippen LogP contribution >= 0.6 is 0 Å². The molecule has 0 amide bonds. The van der Waals surface area contributed by atoms with Crippen molar-refractivity contribution in [2.75, 3.05) is 0 Å². The largest absolute Gasteiger partial charge is 0.504 e. The van der Waals surface area contributed by atoms with Crippen LogP contribution in [0.25, 0.3) is 16.7 Å². The summed E-state index contributed by atoms with van der Waals surface area (Å²) < 4.78 is 56.5. The maximum atomic E-state index is 14.9. The normalized spacial score (nSPS) is 24.6. The molecular formula is C25H26F4O. The quantitative estimate of drug-likeness (QED) is 0.508. The van der Waals surface area contributed by atoms with Crippen molar-refractivity contribution in [3.8, 4) is 16.9 Å². The lowest BCUT2D eigenvalue weighted by Gasteiger charge is -2.34. The van der Waals surface area contributed by atoms with Crippen LogP contribution in [0.4, 0.5) is 17.6 Å². The number of benzene rings is 2. The molecule has 5 heteroatoms. The van der Waals surface area contributed by atoms with Crippen molar-refractivity contribution in [2.24, 2.45) is 17.8 Å². The van der Waals surface area contributed by atoms with Crippen molar-refractivity contribution in [3.63, 3.8) is 0 Å². The van der Waals surface area contributed by atoms with Gasteiger partial charge < -0.3 is 5.11 Å². The first-order valence-corrected chi connectivity index (χ1v) is 10.7. The van der Waals surface area contributed by atoms with Crippen LogP contribution in [0.2, 0.25) is 0 Å². The first-order valence-electron chi connectivity index (χ1n) is 10.7. The lowest BCUT2D eigenvalue weighted by Crippen LogP contribution is -2.22. The summed E-state index contributed by atoms with van der Waals surface area (Å²) in [6.45, 7) is 2.30. The standard InChI is InChI=1S/C25H26F4O/c1-14-2-4-15(5-3-14)16-6-8-17(9-7-16)18-10-11-19(23(28)22(18)27)20-12-13-21(26)24(29)25(20)30/h8,10-16,30H,2-7,9H2,1H3. The molecule has 0 aromatic heterocycles. The topological polar surface area (TPSA) is 20.2 Å². The molecule has 1 saturated carbocycles. The minimum Gasteiger partial charge on any atom is -0.504 e. The molecular weight excluding hydrogens is 392 g/mol. The van der Waals surface area contributed by atoms with E-state index in [1.165, 1.54) is 37.8 Å². The Hall–Kier alpha value is -2.30. The molecule has 1 unspecified atom stereocenters. The molecule has 160 valence electrons. The van der Waals surface area contributed by atoms with Crippen LogP contribution in [0.15, 0.2) is 30.3 Å². The maximum absolute atomic E-state index is 14.9. The van der Waals surface area contributed by atoms with Gasteiger partial charge in [0.25, 0.3) is 0 Å². The van der Waals surface area contributed by atoms with E-state index in [1.54, 1.807) is 0 Å². The van der Waals surface area contributed by atoms with Crippen molar-refractivity contribution in [2.45, 2.75) is 51.9 Å². The Morgan fingerprint density at radius 1 is 0.733 bits per heavy atom. The summed E-state index contributed by atoms with van der Waals surface area (Å²) in [6, 6.07) is 4.60. The molecule has 1 nitrogen and oxygen atoms in total. The third-order valence-electron chi connectivity index (χ3n) is 6.97. The van der Waals surface area contributed by atoms with Gasteiger partial charge in [-0.05, 0) is 67.6 Å². The highest BCUT2D eigenvalue weighted by molar-refractivity contribution is 5.75. The summed E-state index contributed by atoms with van der Waals surface area (Å²) in [5.74, 6) is -3.81. The Bertz CT molecular complexity index is 974. The van der Waals surface area contributed by atoms with E-state index >= 15 is 0 Å². The SMILES string of the molecule is CC1CCC(C2CC=C(c3ccc(-c4ccc(F)c(F)c4O)c(F)c3F)CC2)CC1. The van der Waals surface area contributed by atoms with E-state index in [2.05, 4.69) is 6.92 Å². The zero-order chi connectivity index (χ0) is 21.4. The molecule has 0 radical (unpaired) electrons. The third kappa shape index (κ3) is 3.86. The van der Waals surface area contributed by atoms with Gasteiger partial charge in [0.1, 0.15) is 0 Å². The molecule has 2 aromatic rings. The van der Waals surface area contributed by atoms with Gasteiger partial charge in [0, 0.05) is 16.7 Å². The molecule has 4 rings (SSSR count). The van der Waals surface area contributed by atoms with E-state index in [1.807, 2.05) is 6.08 Å². The van der Waals surface area contributed by atoms with Crippen LogP contribution in [-0.2, 0) is 0 Å². The van der Waals surface area contributed by atoms with Crippen LogP contribution in [0.5, 0.6) is 5.75 Å². The molecule has 30 heavy (non-hydrogen) atoms. The fourth-order valence-corrected chi connectivity index (χ4v) is 5.05. The van der Waals surface area contributed by atoms with Crippen molar-refractivity contribution < 1.29 is 22.7 Å². The zero-order valence-electron chi connectivity index (χ0n) is 17.0. The first-order chi connectivity index (χ1) is 14.4. The predicted octanol–water partition coefficient (Wildman–Crippen LogP) is 7.63. The lowest BCUT2D eigenvalue weighted by molar-refractivity contribution is 0.202. The Balaban J connectivity index is 1.57. The molecule has 0 bridgehead atoms. The summed E-state index contributed by atoms with van der Waals surface area (Å²) in [5, 5.41) is 9.82. The monoisotopic (exact) mass is 418 g/mol. The second-order valence-electron chi connectivity index (χ2n) is 8.83. The summed E-state index contributed by atoms with van der Waals surface area (Å²) in [4.78, 5) is 0. The van der Waals surface area contributed by atoms with Gasteiger partial charge in [0.15, 0.2) is 23.2 Å². The fourth-order valence-electron chi connectivity index (χ4n) is 5.05. The highest BCUT2D eigenvalue weighted by Gasteiger charge is 2.29. The van der Waals surface area contributed by atoms with Gasteiger partial charge in [-0.2, -0.15) is 4.39 Å². The van der Waals surface area contributed by atoms with Crippen LogP contribution in [0.3, 0.4) is 0 Å². The molecule has 2 aliphatic carbocycles. The minimum atomic E-state index is -1.48. The number of hydrogen-bond donors (Lipinski definition) is 1. The van der Waals surface area contributed by atoms with E-state index < -0.39 is 29.0 Å². The summed E-state index contributed by atoms with van der Waals surface area (Å²) in [6.07, 6.45) is 9.63. The van der Waals surface area contributed by atoms with E-state index in [9.17, 15) is 22.7 Å². The van der Waals surface area contributed by atoms with Gasteiger partial charge in [-0.15, -0.1) is 0 Å². The molecule has 2 aromatic carbocycles. The Kier molecular flexibility index (Phi) is 5.90. The molecule has 1 N–H and O–H groups in total. The van der Waals surface area contributed by atoms with Crippen molar-refractivity contribution >= 4 is 5.57 Å². The van der Waals surface area contributed by atoms with Crippen LogP contribution < -0.4 is 0 Å². The number of rotatable bonds is 3. The number of allylic oxidation sites excluding steroid dienone is 2. The fraction of sp³-hybridized carbons (Fsp3) is 0.440. The van der Waals surface area contributed by atoms with Gasteiger partial charge >= 0.3 is 0 Å². The number of hydrogen-bond acceptors (Lipinski definition) is 1. The number of phenols is 1. The van der Waals surface area contributed by atoms with E-state index in [0.717, 1.165) is 42.4 Å². The van der Waals surface area contributed by atoms with E-state index in [4.69, 9.17) is 0 Å². The molecule has 0 saturated heterocycles. The van der Waals surface area contributed by atoms with Crippen molar-refractivity contribution in [1.29, 1.82) is 0 Å². The van der Waals surface area contributed by atoms with Gasteiger partial charge in [0.2, 0.25) is 5.82 Å². The molecule has 1 atom stereocenters. The van der Waals surface area contributed by atoms with Crippen molar-refractivity contribution in [3.05, 3.63) is 59.2 Å². The second kappa shape index (κ2) is 8.44. The van der Waals surface area contributed by atoms with Gasteiger partial charge in [-0.25, -0.2) is 13.2 Å². The van der Waals surface area contributed by atoms with Crippen LogP contribution in [0.1, 0.15) is 57.4 Å². The van der Waals surface area contributed by atoms with E-state index in [-0.39, 0.29) is 16.7 Å². The third-order valence-corrected chi connectivity index (χ3v) is 6.97. The Labute approximate surface area is 174 Å². The summed E-state index contributed by atoms with van der Waals surface area (Å²) >= 11 is 0. The Morgan fingerprint density at radius 2 is 1.37 bits per heavy atom. The number of phenolic OH excluding ortho intramolecular Hbond substituents is 1. The highest BCUT2D eigenvalue weighted by atomic mass is 19.2. The summed E-state index contributed by atoms with van der Waals surface area (Å²) in [7, 11) is 0. The Morgan fingerprint density at radius 3 is 2.03 bits per heavy atom. The summed E-state index contributed by atoms with van der Waals surface area (Å²) in [5.41, 5.74) is 0.418. The van der Waals surface area contributed by atoms with Gasteiger partial charge in [-0.1, -0.05) is 38.0 Å². The maximum Gasteiger partial charge on any atom is 0.200 e. The van der Waals surface area contributed by atoms with E-state index in [0.29, 0.717) is 12.3 Å². The van der Waals surface area contributed by atoms with Crippen LogP contribution in [0, 0.1) is 41.0 Å². The molecule has 0 aliphatic heterocycles. The first kappa shape index (κ1) is 21.0. The van der Waals surface area contributed by atoms with Crippen molar-refractivity contribution in [1.82, 2.24) is 0 Å². The molecule has 2 aliphatic rings.